The first-order valence-electron chi connectivity index (χ1n) is 15.3. The van der Waals surface area contributed by atoms with E-state index in [1.54, 1.807) is 12.2 Å². The molecule has 3 N–H and O–H groups in total. The Morgan fingerprint density at radius 3 is 2.58 bits per heavy atom. The number of aliphatic hydroxyl groups is 2. The van der Waals surface area contributed by atoms with Crippen LogP contribution >= 0.6 is 0 Å². The zero-order valence-electron chi connectivity index (χ0n) is 24.0. The van der Waals surface area contributed by atoms with Crippen LogP contribution in [0.1, 0.15) is 90.9 Å². The quantitative estimate of drug-likeness (QED) is 0.390. The van der Waals surface area contributed by atoms with Gasteiger partial charge in [-0.15, -0.1) is 0 Å². The van der Waals surface area contributed by atoms with Crippen molar-refractivity contribution in [3.8, 4) is 0 Å². The molecule has 1 amide bonds. The summed E-state index contributed by atoms with van der Waals surface area (Å²) in [7, 11) is 0. The Morgan fingerprint density at radius 2 is 1.82 bits per heavy atom. The number of allylic oxidation sites excluding steroid dienone is 4. The number of amides is 1. The molecule has 0 radical (unpaired) electrons. The highest BCUT2D eigenvalue weighted by Crippen LogP contribution is 2.67. The molecule has 0 saturated heterocycles. The van der Waals surface area contributed by atoms with Gasteiger partial charge in [-0.1, -0.05) is 44.8 Å². The van der Waals surface area contributed by atoms with Gasteiger partial charge in [0.15, 0.2) is 12.4 Å². The zero-order valence-corrected chi connectivity index (χ0v) is 24.0. The summed E-state index contributed by atoms with van der Waals surface area (Å²) in [6, 6.07) is 0. The van der Waals surface area contributed by atoms with Crippen LogP contribution in [0.2, 0.25) is 0 Å². The number of nitrogens with one attached hydrogen (secondary N) is 1. The maximum Gasteiger partial charge on any atom is 0.306 e. The van der Waals surface area contributed by atoms with E-state index in [1.807, 2.05) is 13.0 Å². The molecule has 5 aliphatic rings. The lowest BCUT2D eigenvalue weighted by molar-refractivity contribution is -0.181. The fraction of sp³-hybridized carbons (Fsp3) is 0.750. The molecular formula is C32H45NO7. The third-order valence-electron chi connectivity index (χ3n) is 11.3. The van der Waals surface area contributed by atoms with Gasteiger partial charge in [0.25, 0.3) is 0 Å². The number of Topliss-reactive ketones (excluding diaryl/α,β-unsaturated/α-hetero) is 1. The highest BCUT2D eigenvalue weighted by Gasteiger charge is 2.68. The summed E-state index contributed by atoms with van der Waals surface area (Å²) >= 11 is 0. The Morgan fingerprint density at radius 1 is 1.07 bits per heavy atom. The summed E-state index contributed by atoms with van der Waals surface area (Å²) in [4.78, 5) is 50.0. The molecule has 0 heterocycles. The predicted molar refractivity (Wildman–Crippen MR) is 148 cm³/mol. The van der Waals surface area contributed by atoms with Crippen LogP contribution in [0.25, 0.3) is 0 Å². The lowest BCUT2D eigenvalue weighted by Crippen LogP contribution is -2.61. The molecule has 220 valence electrons. The first-order valence-corrected chi connectivity index (χ1v) is 15.3. The molecule has 8 nitrogen and oxygen atoms in total. The van der Waals surface area contributed by atoms with Crippen molar-refractivity contribution in [3.05, 3.63) is 23.8 Å². The van der Waals surface area contributed by atoms with E-state index in [0.29, 0.717) is 18.9 Å². The van der Waals surface area contributed by atoms with Crippen LogP contribution in [0.4, 0.5) is 0 Å². The molecule has 0 aromatic heterocycles. The fourth-order valence-electron chi connectivity index (χ4n) is 9.08. The summed E-state index contributed by atoms with van der Waals surface area (Å²) in [5.74, 6) is -0.832. The van der Waals surface area contributed by atoms with E-state index in [-0.39, 0.29) is 55.1 Å². The molecule has 4 fully saturated rings. The van der Waals surface area contributed by atoms with Crippen molar-refractivity contribution in [2.24, 2.45) is 34.5 Å². The minimum absolute atomic E-state index is 0.00824. The number of hydrogen-bond donors (Lipinski definition) is 3. The van der Waals surface area contributed by atoms with Crippen LogP contribution in [-0.4, -0.2) is 58.5 Å². The average molecular weight is 556 g/mol. The first kappa shape index (κ1) is 29.2. The van der Waals surface area contributed by atoms with Gasteiger partial charge in [-0.25, -0.2) is 0 Å². The van der Waals surface area contributed by atoms with Crippen LogP contribution in [0.5, 0.6) is 0 Å². The number of hydrogen-bond acceptors (Lipinski definition) is 7. The maximum absolute atomic E-state index is 13.4. The van der Waals surface area contributed by atoms with Crippen LogP contribution in [0.15, 0.2) is 23.8 Å². The molecule has 40 heavy (non-hydrogen) atoms. The Kier molecular flexibility index (Phi) is 8.14. The van der Waals surface area contributed by atoms with E-state index in [2.05, 4.69) is 12.2 Å². The van der Waals surface area contributed by atoms with Crippen molar-refractivity contribution in [2.45, 2.75) is 103 Å². The molecule has 4 saturated carbocycles. The Labute approximate surface area is 237 Å². The van der Waals surface area contributed by atoms with E-state index in [1.165, 1.54) is 19.3 Å². The van der Waals surface area contributed by atoms with Gasteiger partial charge >= 0.3 is 5.97 Å². The third-order valence-corrected chi connectivity index (χ3v) is 11.3. The predicted octanol–water partition coefficient (Wildman–Crippen LogP) is 3.59. The minimum atomic E-state index is -1.70. The SMILES string of the molecule is C[C@]12C=CC(=O)C=C1CC[C@H]1[C@@H]2[C@H](O)C[C@@]2(C)[C@H]1CC[C@]2(O)C(=O)COC(=O)CCC(=O)NCC1CCCCC1. The van der Waals surface area contributed by atoms with Crippen molar-refractivity contribution < 1.29 is 34.1 Å². The van der Waals surface area contributed by atoms with Crippen molar-refractivity contribution in [1.82, 2.24) is 5.32 Å². The third kappa shape index (κ3) is 5.11. The number of rotatable bonds is 8. The van der Waals surface area contributed by atoms with E-state index in [4.69, 9.17) is 4.74 Å². The van der Waals surface area contributed by atoms with E-state index < -0.39 is 40.9 Å². The number of fused-ring (bicyclic) bond motifs is 5. The Balaban J connectivity index is 1.16. The van der Waals surface area contributed by atoms with Crippen LogP contribution < -0.4 is 5.32 Å². The summed E-state index contributed by atoms with van der Waals surface area (Å²) in [5, 5.41) is 26.2. The topological polar surface area (TPSA) is 130 Å². The largest absolute Gasteiger partial charge is 0.458 e. The number of aliphatic hydroxyl groups excluding tert-OH is 1. The van der Waals surface area contributed by atoms with Gasteiger partial charge in [-0.2, -0.15) is 0 Å². The van der Waals surface area contributed by atoms with Gasteiger partial charge < -0.3 is 20.3 Å². The molecule has 0 aliphatic heterocycles. The van der Waals surface area contributed by atoms with Crippen molar-refractivity contribution in [2.75, 3.05) is 13.2 Å². The molecule has 0 aromatic carbocycles. The number of esters is 1. The monoisotopic (exact) mass is 555 g/mol. The van der Waals surface area contributed by atoms with E-state index in [0.717, 1.165) is 31.3 Å². The summed E-state index contributed by atoms with van der Waals surface area (Å²) in [6.07, 6.45) is 13.0. The highest BCUT2D eigenvalue weighted by molar-refractivity contribution is 6.01. The number of ether oxygens (including phenoxy) is 1. The minimum Gasteiger partial charge on any atom is -0.458 e. The number of ketones is 2. The highest BCUT2D eigenvalue weighted by atomic mass is 16.5. The molecule has 0 unspecified atom stereocenters. The second-order valence-electron chi connectivity index (χ2n) is 13.5. The standard InChI is InChI=1S/C32H45NO7/c1-30-14-12-22(34)16-21(30)8-9-23-24-13-15-32(39,31(24,2)17-25(35)29(23)30)26(36)19-40-28(38)11-10-27(37)33-18-20-6-4-3-5-7-20/h12,14,16,20,23-25,29,35,39H,3-11,13,15,17-19H2,1-2H3,(H,33,37)/t23-,24+,25-,29-,30+,31+,32+/m1/s1. The summed E-state index contributed by atoms with van der Waals surface area (Å²) in [5.41, 5.74) is -1.90. The van der Waals surface area contributed by atoms with Crippen LogP contribution in [0, 0.1) is 34.5 Å². The summed E-state index contributed by atoms with van der Waals surface area (Å²) in [6.45, 7) is 4.08. The van der Waals surface area contributed by atoms with Gasteiger partial charge in [0.2, 0.25) is 11.7 Å². The average Bonchev–Trinajstić information content (AvgIpc) is 3.20. The zero-order chi connectivity index (χ0) is 28.7. The van der Waals surface area contributed by atoms with Crippen molar-refractivity contribution >= 4 is 23.4 Å². The smallest absolute Gasteiger partial charge is 0.306 e. The van der Waals surface area contributed by atoms with Gasteiger partial charge in [0.05, 0.1) is 12.5 Å². The van der Waals surface area contributed by atoms with Crippen molar-refractivity contribution in [3.63, 3.8) is 0 Å². The molecule has 0 aromatic rings. The normalized spacial score (nSPS) is 39.0. The maximum atomic E-state index is 13.4. The number of carbonyl (C=O) groups is 4. The Bertz CT molecular complexity index is 1110. The second-order valence-corrected chi connectivity index (χ2v) is 13.5. The van der Waals surface area contributed by atoms with Gasteiger partial charge in [-0.05, 0) is 74.9 Å². The molecular weight excluding hydrogens is 510 g/mol. The molecule has 8 heteroatoms. The van der Waals surface area contributed by atoms with Crippen LogP contribution in [0.3, 0.4) is 0 Å². The lowest BCUT2D eigenvalue weighted by Gasteiger charge is -2.59. The molecule has 5 aliphatic carbocycles. The first-order chi connectivity index (χ1) is 19.0. The van der Waals surface area contributed by atoms with Gasteiger partial charge in [0.1, 0.15) is 5.60 Å². The van der Waals surface area contributed by atoms with Gasteiger partial charge in [-0.3, -0.25) is 19.2 Å². The summed E-state index contributed by atoms with van der Waals surface area (Å²) < 4.78 is 5.24. The van der Waals surface area contributed by atoms with Crippen LogP contribution in [-0.2, 0) is 23.9 Å². The molecule has 5 rings (SSSR count). The van der Waals surface area contributed by atoms with E-state index >= 15 is 0 Å². The van der Waals surface area contributed by atoms with E-state index in [9.17, 15) is 29.4 Å². The number of carbonyl (C=O) groups excluding carboxylic acids is 4. The molecule has 0 spiro atoms. The van der Waals surface area contributed by atoms with Gasteiger partial charge in [0, 0.05) is 29.7 Å². The molecule has 0 bridgehead atoms. The Hall–Kier alpha value is -2.32. The second kappa shape index (κ2) is 11.2. The molecule has 7 atom stereocenters. The van der Waals surface area contributed by atoms with Crippen molar-refractivity contribution in [1.29, 1.82) is 0 Å². The lowest BCUT2D eigenvalue weighted by atomic mass is 9.46. The fourth-order valence-corrected chi connectivity index (χ4v) is 9.08.